The molecular weight excluding hydrogens is 352 g/mol. The second kappa shape index (κ2) is 7.79. The topological polar surface area (TPSA) is 58.6 Å². The van der Waals surface area contributed by atoms with Gasteiger partial charge in [-0.2, -0.15) is 0 Å². The van der Waals surface area contributed by atoms with Gasteiger partial charge in [-0.15, -0.1) is 0 Å². The van der Waals surface area contributed by atoms with Crippen LogP contribution in [0.25, 0.3) is 0 Å². The molecule has 2 aromatic carbocycles. The van der Waals surface area contributed by atoms with Crippen molar-refractivity contribution in [2.45, 2.75) is 19.9 Å². The molecule has 0 bridgehead atoms. The van der Waals surface area contributed by atoms with E-state index < -0.39 is 0 Å². The maximum Gasteiger partial charge on any atom is 0.227 e. The van der Waals surface area contributed by atoms with E-state index >= 15 is 0 Å². The highest BCUT2D eigenvalue weighted by Gasteiger charge is 2.35. The van der Waals surface area contributed by atoms with Crippen molar-refractivity contribution in [2.24, 2.45) is 5.92 Å². The van der Waals surface area contributed by atoms with Crippen LogP contribution in [0.4, 0.5) is 5.69 Å². The normalized spacial score (nSPS) is 16.7. The van der Waals surface area contributed by atoms with E-state index in [2.05, 4.69) is 5.32 Å². The van der Waals surface area contributed by atoms with Gasteiger partial charge in [0.15, 0.2) is 0 Å². The summed E-state index contributed by atoms with van der Waals surface area (Å²) in [4.78, 5) is 26.4. The number of hydrogen-bond donors (Lipinski definition) is 1. The van der Waals surface area contributed by atoms with Crippen molar-refractivity contribution in [3.8, 4) is 5.75 Å². The van der Waals surface area contributed by atoms with E-state index in [0.717, 1.165) is 22.6 Å². The van der Waals surface area contributed by atoms with E-state index in [1.165, 1.54) is 0 Å². The third-order valence-corrected chi connectivity index (χ3v) is 5.00. The number of carbonyl (C=O) groups is 2. The average Bonchev–Trinajstić information content (AvgIpc) is 3.04. The van der Waals surface area contributed by atoms with Crippen molar-refractivity contribution < 1.29 is 14.3 Å². The summed E-state index contributed by atoms with van der Waals surface area (Å²) >= 11 is 6.15. The smallest absolute Gasteiger partial charge is 0.227 e. The lowest BCUT2D eigenvalue weighted by Crippen LogP contribution is -2.32. The van der Waals surface area contributed by atoms with Crippen molar-refractivity contribution in [3.63, 3.8) is 0 Å². The van der Waals surface area contributed by atoms with Gasteiger partial charge in [-0.05, 0) is 42.3 Å². The monoisotopic (exact) mass is 372 g/mol. The van der Waals surface area contributed by atoms with Crippen molar-refractivity contribution in [2.75, 3.05) is 18.6 Å². The lowest BCUT2D eigenvalue weighted by molar-refractivity contribution is -0.126. The van der Waals surface area contributed by atoms with E-state index in [-0.39, 0.29) is 24.2 Å². The number of rotatable bonds is 5. The lowest BCUT2D eigenvalue weighted by atomic mass is 10.1. The quantitative estimate of drug-likeness (QED) is 0.875. The van der Waals surface area contributed by atoms with Crippen molar-refractivity contribution >= 4 is 29.1 Å². The van der Waals surface area contributed by atoms with E-state index in [0.29, 0.717) is 18.1 Å². The molecule has 6 heteroatoms. The summed E-state index contributed by atoms with van der Waals surface area (Å²) in [6, 6.07) is 13.0. The highest BCUT2D eigenvalue weighted by atomic mass is 35.5. The Morgan fingerprint density at radius 1 is 1.27 bits per heavy atom. The molecular formula is C20H21ClN2O3. The first-order valence-electron chi connectivity index (χ1n) is 8.45. The first kappa shape index (κ1) is 18.3. The summed E-state index contributed by atoms with van der Waals surface area (Å²) in [7, 11) is 1.61. The minimum absolute atomic E-state index is 0.0606. The van der Waals surface area contributed by atoms with Crippen LogP contribution < -0.4 is 15.0 Å². The number of benzene rings is 2. The first-order valence-corrected chi connectivity index (χ1v) is 8.83. The van der Waals surface area contributed by atoms with Crippen LogP contribution in [0.3, 0.4) is 0 Å². The number of carbonyl (C=O) groups excluding carboxylic acids is 2. The van der Waals surface area contributed by atoms with Crippen LogP contribution in [0.15, 0.2) is 42.5 Å². The second-order valence-electron chi connectivity index (χ2n) is 6.40. The van der Waals surface area contributed by atoms with E-state index in [1.807, 2.05) is 43.3 Å². The molecule has 2 amide bonds. The number of halogens is 1. The molecule has 0 spiro atoms. The Morgan fingerprint density at radius 3 is 2.65 bits per heavy atom. The molecule has 1 saturated heterocycles. The van der Waals surface area contributed by atoms with Crippen LogP contribution in [0.5, 0.6) is 5.75 Å². The van der Waals surface area contributed by atoms with Gasteiger partial charge in [-0.3, -0.25) is 9.59 Å². The zero-order chi connectivity index (χ0) is 18.7. The van der Waals surface area contributed by atoms with E-state index in [4.69, 9.17) is 16.3 Å². The van der Waals surface area contributed by atoms with Gasteiger partial charge in [0.2, 0.25) is 11.8 Å². The second-order valence-corrected chi connectivity index (χ2v) is 6.81. The molecule has 0 saturated carbocycles. The summed E-state index contributed by atoms with van der Waals surface area (Å²) in [6.45, 7) is 2.70. The summed E-state index contributed by atoms with van der Waals surface area (Å²) in [5.74, 6) is 0.235. The molecule has 2 aromatic rings. The Hall–Kier alpha value is -2.53. The minimum Gasteiger partial charge on any atom is -0.497 e. The van der Waals surface area contributed by atoms with Gasteiger partial charge >= 0.3 is 0 Å². The molecule has 26 heavy (non-hydrogen) atoms. The zero-order valence-corrected chi connectivity index (χ0v) is 15.5. The average molecular weight is 373 g/mol. The van der Waals surface area contributed by atoms with Crippen LogP contribution >= 0.6 is 11.6 Å². The molecule has 136 valence electrons. The predicted octanol–water partition coefficient (Wildman–Crippen LogP) is 3.33. The van der Waals surface area contributed by atoms with Gasteiger partial charge in [0.25, 0.3) is 0 Å². The van der Waals surface area contributed by atoms with Gasteiger partial charge in [0.1, 0.15) is 5.75 Å². The third-order valence-electron chi connectivity index (χ3n) is 4.59. The van der Waals surface area contributed by atoms with Gasteiger partial charge in [0, 0.05) is 30.2 Å². The summed E-state index contributed by atoms with van der Waals surface area (Å²) in [5.41, 5.74) is 2.66. The number of aryl methyl sites for hydroxylation is 1. The predicted molar refractivity (Wildman–Crippen MR) is 101 cm³/mol. The number of anilines is 1. The van der Waals surface area contributed by atoms with Crippen LogP contribution in [0, 0.1) is 12.8 Å². The molecule has 1 fully saturated rings. The Labute approximate surface area is 157 Å². The van der Waals surface area contributed by atoms with E-state index in [1.54, 1.807) is 18.1 Å². The highest BCUT2D eigenvalue weighted by molar-refractivity contribution is 6.31. The highest BCUT2D eigenvalue weighted by Crippen LogP contribution is 2.28. The Bertz CT molecular complexity index is 820. The molecule has 1 atom stereocenters. The lowest BCUT2D eigenvalue weighted by Gasteiger charge is -2.17. The first-order chi connectivity index (χ1) is 12.5. The van der Waals surface area contributed by atoms with Gasteiger partial charge in [0.05, 0.1) is 13.0 Å². The summed E-state index contributed by atoms with van der Waals surface area (Å²) in [6.07, 6.45) is 0.208. The van der Waals surface area contributed by atoms with E-state index in [9.17, 15) is 9.59 Å². The number of hydrogen-bond acceptors (Lipinski definition) is 3. The zero-order valence-electron chi connectivity index (χ0n) is 14.8. The summed E-state index contributed by atoms with van der Waals surface area (Å²) in [5, 5.41) is 3.52. The maximum atomic E-state index is 12.4. The SMILES string of the molecule is COc1ccc(CNC(=O)C2CC(=O)N(c3ccc(C)c(Cl)c3)C2)cc1. The molecule has 1 unspecified atom stereocenters. The molecule has 1 aliphatic rings. The Morgan fingerprint density at radius 2 is 2.00 bits per heavy atom. The molecule has 0 aliphatic carbocycles. The fourth-order valence-electron chi connectivity index (χ4n) is 2.96. The van der Waals surface area contributed by atoms with Crippen molar-refractivity contribution in [3.05, 3.63) is 58.6 Å². The van der Waals surface area contributed by atoms with Crippen LogP contribution in [0.2, 0.25) is 5.02 Å². The number of amides is 2. The molecule has 1 heterocycles. The molecule has 0 aromatic heterocycles. The Kier molecular flexibility index (Phi) is 5.47. The standard InChI is InChI=1S/C20H21ClN2O3/c1-13-3-6-16(10-18(13)21)23-12-15(9-19(23)24)20(25)22-11-14-4-7-17(26-2)8-5-14/h3-8,10,15H,9,11-12H2,1-2H3,(H,22,25). The maximum absolute atomic E-state index is 12.4. The molecule has 1 aliphatic heterocycles. The summed E-state index contributed by atoms with van der Waals surface area (Å²) < 4.78 is 5.12. The molecule has 3 rings (SSSR count). The fourth-order valence-corrected chi connectivity index (χ4v) is 3.13. The van der Waals surface area contributed by atoms with Gasteiger partial charge < -0.3 is 15.0 Å². The fraction of sp³-hybridized carbons (Fsp3) is 0.300. The van der Waals surface area contributed by atoms with Crippen LogP contribution in [-0.2, 0) is 16.1 Å². The van der Waals surface area contributed by atoms with Crippen molar-refractivity contribution in [1.82, 2.24) is 5.32 Å². The molecule has 1 N–H and O–H groups in total. The Balaban J connectivity index is 1.60. The third kappa shape index (κ3) is 3.99. The van der Waals surface area contributed by atoms with Crippen molar-refractivity contribution in [1.29, 1.82) is 0 Å². The number of methoxy groups -OCH3 is 1. The number of nitrogens with zero attached hydrogens (tertiary/aromatic N) is 1. The van der Waals surface area contributed by atoms with Gasteiger partial charge in [-0.1, -0.05) is 29.8 Å². The molecule has 0 radical (unpaired) electrons. The number of ether oxygens (including phenoxy) is 1. The minimum atomic E-state index is -0.360. The molecule has 5 nitrogen and oxygen atoms in total. The largest absolute Gasteiger partial charge is 0.497 e. The van der Waals surface area contributed by atoms with Crippen LogP contribution in [-0.4, -0.2) is 25.5 Å². The van der Waals surface area contributed by atoms with Crippen LogP contribution in [0.1, 0.15) is 17.5 Å². The van der Waals surface area contributed by atoms with Gasteiger partial charge in [-0.25, -0.2) is 0 Å². The number of nitrogens with one attached hydrogen (secondary N) is 1.